The second-order valence-corrected chi connectivity index (χ2v) is 11.4. The van der Waals surface area contributed by atoms with Crippen LogP contribution in [0.25, 0.3) is 0 Å². The summed E-state index contributed by atoms with van der Waals surface area (Å²) in [6, 6.07) is 5.37. The number of anilines is 1. The van der Waals surface area contributed by atoms with E-state index < -0.39 is 11.9 Å². The fourth-order valence-electron chi connectivity index (χ4n) is 5.29. The molecule has 3 heterocycles. The van der Waals surface area contributed by atoms with Crippen molar-refractivity contribution >= 4 is 29.2 Å². The van der Waals surface area contributed by atoms with Crippen molar-refractivity contribution in [3.63, 3.8) is 0 Å². The van der Waals surface area contributed by atoms with E-state index in [1.807, 2.05) is 33.8 Å². The monoisotopic (exact) mass is 581 g/mol. The minimum atomic E-state index is -1.02. The van der Waals surface area contributed by atoms with Gasteiger partial charge in [-0.05, 0) is 37.0 Å². The lowest BCUT2D eigenvalue weighted by Crippen LogP contribution is -2.31. The average molecular weight is 582 g/mol. The second kappa shape index (κ2) is 12.4. The first-order valence-electron chi connectivity index (χ1n) is 13.9. The molecule has 0 spiro atoms. The predicted octanol–water partition coefficient (Wildman–Crippen LogP) is 2.85. The molecular weight excluding hydrogens is 542 g/mol. The van der Waals surface area contributed by atoms with Crippen molar-refractivity contribution in [1.29, 1.82) is 5.41 Å². The lowest BCUT2D eigenvalue weighted by Gasteiger charge is -2.29. The Labute approximate surface area is 245 Å². The Bertz CT molecular complexity index is 1400. The van der Waals surface area contributed by atoms with E-state index in [1.165, 1.54) is 7.05 Å². The summed E-state index contributed by atoms with van der Waals surface area (Å²) in [4.78, 5) is 45.3. The number of carboxylic acids is 1. The van der Waals surface area contributed by atoms with Crippen LogP contribution in [0.1, 0.15) is 71.8 Å². The summed E-state index contributed by atoms with van der Waals surface area (Å²) in [5, 5.41) is 20.3. The molecule has 1 saturated heterocycles. The summed E-state index contributed by atoms with van der Waals surface area (Å²) in [6.07, 6.45) is 0.401. The number of ketones is 1. The Balaban J connectivity index is 1.63. The molecule has 0 saturated carbocycles. The number of amides is 1. The minimum absolute atomic E-state index is 0.0613. The van der Waals surface area contributed by atoms with Crippen LogP contribution in [0, 0.1) is 5.41 Å². The number of carbonyl (C=O) groups is 3. The third-order valence-corrected chi connectivity index (χ3v) is 7.38. The average Bonchev–Trinajstić information content (AvgIpc) is 3.54. The number of hydrogen-bond acceptors (Lipinski definition) is 9. The summed E-state index contributed by atoms with van der Waals surface area (Å²) in [7, 11) is 3.10. The van der Waals surface area contributed by atoms with Gasteiger partial charge in [-0.3, -0.25) is 15.0 Å². The maximum absolute atomic E-state index is 13.8. The van der Waals surface area contributed by atoms with Gasteiger partial charge >= 0.3 is 5.97 Å². The number of carboxylic acid groups (broad SMARTS) is 1. The molecule has 1 amide bonds. The third kappa shape index (κ3) is 6.33. The van der Waals surface area contributed by atoms with E-state index >= 15 is 0 Å². The fourth-order valence-corrected chi connectivity index (χ4v) is 5.29. The van der Waals surface area contributed by atoms with Crippen molar-refractivity contribution in [2.24, 2.45) is 0 Å². The van der Waals surface area contributed by atoms with E-state index in [0.717, 1.165) is 11.3 Å². The number of rotatable bonds is 11. The largest absolute Gasteiger partial charge is 0.494 e. The molecule has 1 fully saturated rings. The van der Waals surface area contributed by atoms with E-state index in [9.17, 15) is 14.4 Å². The van der Waals surface area contributed by atoms with Gasteiger partial charge in [0.25, 0.3) is 5.91 Å². The van der Waals surface area contributed by atoms with Crippen molar-refractivity contribution in [1.82, 2.24) is 15.2 Å². The molecule has 2 aliphatic rings. The lowest BCUT2D eigenvalue weighted by atomic mass is 9.84. The smallest absolute Gasteiger partial charge is 0.329 e. The van der Waals surface area contributed by atoms with Crippen LogP contribution in [0.4, 0.5) is 5.69 Å². The number of Topliss-reactive ketones (excluding diaryl/α,β-unsaturated/α-hetero) is 1. The van der Waals surface area contributed by atoms with E-state index in [2.05, 4.69) is 15.2 Å². The van der Waals surface area contributed by atoms with E-state index in [4.69, 9.17) is 24.7 Å². The summed E-state index contributed by atoms with van der Waals surface area (Å²) in [5.41, 5.74) is 2.89. The highest BCUT2D eigenvalue weighted by molar-refractivity contribution is 6.06. The fraction of sp³-hybridized carbons (Fsp3) is 0.500. The standard InChI is InChI=1S/C30H39N5O7/c1-7-41-23-12-18-13-35(28(31)25(18)33-26(23)29(39)32-5)15-22(36)17-10-20(30(2,3)4)27(40-6)21(11-17)34-9-8-19(14-34)42-16-24(37)38/h10-12,19,31H,7-9,13-16H2,1-6H3,(H,32,39)(H,37,38). The molecule has 2 aromatic rings. The Kier molecular flexibility index (Phi) is 9.05. The van der Waals surface area contributed by atoms with Crippen molar-refractivity contribution in [2.45, 2.75) is 52.2 Å². The molecule has 2 aliphatic heterocycles. The highest BCUT2D eigenvalue weighted by atomic mass is 16.5. The zero-order valence-electron chi connectivity index (χ0n) is 25.0. The van der Waals surface area contributed by atoms with Crippen LogP contribution < -0.4 is 19.7 Å². The molecule has 1 aromatic carbocycles. The predicted molar refractivity (Wildman–Crippen MR) is 156 cm³/mol. The molecule has 1 atom stereocenters. The first-order valence-corrected chi connectivity index (χ1v) is 13.9. The van der Waals surface area contributed by atoms with E-state index in [0.29, 0.717) is 54.4 Å². The SMILES string of the molecule is CCOc1cc2c(nc1C(=O)NC)C(=N)N(CC(=O)c1cc(N3CCC(OCC(=O)O)C3)c(OC)c(C(C)(C)C)c1)C2. The molecule has 1 unspecified atom stereocenters. The number of aromatic nitrogens is 1. The van der Waals surface area contributed by atoms with E-state index in [1.54, 1.807) is 24.1 Å². The molecular formula is C30H39N5O7. The van der Waals surface area contributed by atoms with Crippen LogP contribution in [0.5, 0.6) is 11.5 Å². The van der Waals surface area contributed by atoms with Gasteiger partial charge in [0.1, 0.15) is 23.9 Å². The van der Waals surface area contributed by atoms with Gasteiger partial charge < -0.3 is 34.4 Å². The van der Waals surface area contributed by atoms with Crippen LogP contribution in [0.2, 0.25) is 0 Å². The number of benzene rings is 1. The third-order valence-electron chi connectivity index (χ3n) is 7.38. The van der Waals surface area contributed by atoms with Crippen molar-refractivity contribution in [3.05, 3.63) is 46.3 Å². The Morgan fingerprint density at radius 3 is 2.57 bits per heavy atom. The number of carbonyl (C=O) groups excluding carboxylic acids is 2. The van der Waals surface area contributed by atoms with Gasteiger partial charge in [-0.15, -0.1) is 0 Å². The van der Waals surface area contributed by atoms with Gasteiger partial charge in [0.2, 0.25) is 0 Å². The van der Waals surface area contributed by atoms with Crippen molar-refractivity contribution in [2.75, 3.05) is 51.9 Å². The Morgan fingerprint density at radius 2 is 1.95 bits per heavy atom. The van der Waals surface area contributed by atoms with Gasteiger partial charge in [0, 0.05) is 43.4 Å². The highest BCUT2D eigenvalue weighted by Crippen LogP contribution is 2.41. The van der Waals surface area contributed by atoms with Gasteiger partial charge in [0.15, 0.2) is 17.2 Å². The molecule has 0 aliphatic carbocycles. The van der Waals surface area contributed by atoms with Crippen molar-refractivity contribution < 1.29 is 33.7 Å². The molecule has 42 heavy (non-hydrogen) atoms. The normalized spacial score (nSPS) is 16.4. The second-order valence-electron chi connectivity index (χ2n) is 11.4. The Morgan fingerprint density at radius 1 is 1.21 bits per heavy atom. The number of nitrogens with zero attached hydrogens (tertiary/aromatic N) is 3. The topological polar surface area (TPSA) is 154 Å². The first kappa shape index (κ1) is 30.8. The van der Waals surface area contributed by atoms with Gasteiger partial charge in [-0.25, -0.2) is 9.78 Å². The number of hydrogen-bond donors (Lipinski definition) is 3. The van der Waals surface area contributed by atoms with Gasteiger partial charge in [-0.1, -0.05) is 20.8 Å². The minimum Gasteiger partial charge on any atom is -0.494 e. The zero-order chi connectivity index (χ0) is 30.8. The van der Waals surface area contributed by atoms with Gasteiger partial charge in [-0.2, -0.15) is 0 Å². The number of nitrogens with one attached hydrogen (secondary N) is 2. The van der Waals surface area contributed by atoms with Crippen LogP contribution in [0.3, 0.4) is 0 Å². The molecule has 226 valence electrons. The summed E-state index contributed by atoms with van der Waals surface area (Å²) < 4.78 is 17.0. The van der Waals surface area contributed by atoms with Crippen molar-refractivity contribution in [3.8, 4) is 11.5 Å². The van der Waals surface area contributed by atoms with Crippen LogP contribution >= 0.6 is 0 Å². The zero-order valence-corrected chi connectivity index (χ0v) is 25.0. The van der Waals surface area contributed by atoms with Gasteiger partial charge in [0.05, 0.1) is 32.1 Å². The summed E-state index contributed by atoms with van der Waals surface area (Å²) in [6.45, 7) is 9.25. The lowest BCUT2D eigenvalue weighted by molar-refractivity contribution is -0.143. The molecule has 12 heteroatoms. The number of fused-ring (bicyclic) bond motifs is 1. The molecule has 3 N–H and O–H groups in total. The quantitative estimate of drug-likeness (QED) is 0.338. The molecule has 12 nitrogen and oxygen atoms in total. The number of amidine groups is 1. The highest BCUT2D eigenvalue weighted by Gasteiger charge is 2.33. The molecule has 0 bridgehead atoms. The van der Waals surface area contributed by atoms with Crippen LogP contribution in [-0.2, 0) is 21.5 Å². The Hall–Kier alpha value is -4.19. The summed E-state index contributed by atoms with van der Waals surface area (Å²) >= 11 is 0. The number of ether oxygens (including phenoxy) is 3. The van der Waals surface area contributed by atoms with Crippen LogP contribution in [0.15, 0.2) is 18.2 Å². The van der Waals surface area contributed by atoms with Crippen LogP contribution in [-0.4, -0.2) is 91.6 Å². The number of methoxy groups -OCH3 is 1. The molecule has 0 radical (unpaired) electrons. The number of pyridine rings is 1. The molecule has 4 rings (SSSR count). The maximum atomic E-state index is 13.8. The van der Waals surface area contributed by atoms with E-state index in [-0.39, 0.29) is 48.5 Å². The first-order chi connectivity index (χ1) is 19.9. The maximum Gasteiger partial charge on any atom is 0.329 e. The molecule has 1 aromatic heterocycles. The summed E-state index contributed by atoms with van der Waals surface area (Å²) in [5.74, 6) is -0.555. The number of aliphatic carboxylic acids is 1.